The molecule has 1 atom stereocenters. The maximum Gasteiger partial charge on any atom is 0.0406 e. The Morgan fingerprint density at radius 1 is 0.950 bits per heavy atom. The Balaban J connectivity index is 1.90. The van der Waals surface area contributed by atoms with Crippen LogP contribution < -0.4 is 5.32 Å². The van der Waals surface area contributed by atoms with Gasteiger partial charge in [-0.3, -0.25) is 0 Å². The number of aryl methyl sites for hydroxylation is 1. The van der Waals surface area contributed by atoms with Crippen LogP contribution in [0.4, 0.5) is 0 Å². The number of nitrogens with one attached hydrogen (secondary N) is 1. The topological polar surface area (TPSA) is 12.0 Å². The Bertz CT molecular complexity index is 516. The van der Waals surface area contributed by atoms with Crippen LogP contribution in [0.2, 0.25) is 5.02 Å². The highest BCUT2D eigenvalue weighted by molar-refractivity contribution is 6.30. The fraction of sp³-hybridized carbons (Fsp3) is 0.333. The summed E-state index contributed by atoms with van der Waals surface area (Å²) >= 11 is 5.89. The molecule has 2 aromatic carbocycles. The van der Waals surface area contributed by atoms with Gasteiger partial charge in [-0.15, -0.1) is 0 Å². The van der Waals surface area contributed by atoms with Gasteiger partial charge in [-0.1, -0.05) is 61.3 Å². The average Bonchev–Trinajstić information content (AvgIpc) is 2.47. The highest BCUT2D eigenvalue weighted by Gasteiger charge is 2.04. The molecule has 2 aromatic rings. The van der Waals surface area contributed by atoms with Crippen molar-refractivity contribution in [3.8, 4) is 0 Å². The van der Waals surface area contributed by atoms with Crippen molar-refractivity contribution in [3.63, 3.8) is 0 Å². The van der Waals surface area contributed by atoms with E-state index in [4.69, 9.17) is 11.6 Å². The SMILES string of the molecule is CCCc1ccc(C(C)NCc2ccc(Cl)cc2)cc1. The average molecular weight is 288 g/mol. The van der Waals surface area contributed by atoms with Crippen LogP contribution in [0.5, 0.6) is 0 Å². The van der Waals surface area contributed by atoms with E-state index in [1.807, 2.05) is 12.1 Å². The second kappa shape index (κ2) is 7.47. The van der Waals surface area contributed by atoms with Crippen LogP contribution in [0.15, 0.2) is 48.5 Å². The summed E-state index contributed by atoms with van der Waals surface area (Å²) in [5.74, 6) is 0. The second-order valence-electron chi connectivity index (χ2n) is 5.22. The molecule has 0 aliphatic heterocycles. The van der Waals surface area contributed by atoms with Gasteiger partial charge in [-0.2, -0.15) is 0 Å². The summed E-state index contributed by atoms with van der Waals surface area (Å²) in [6.45, 7) is 5.27. The summed E-state index contributed by atoms with van der Waals surface area (Å²) in [5.41, 5.74) is 4.00. The number of halogens is 1. The first-order chi connectivity index (χ1) is 9.69. The van der Waals surface area contributed by atoms with Crippen LogP contribution in [-0.4, -0.2) is 0 Å². The Kier molecular flexibility index (Phi) is 5.63. The first-order valence-corrected chi connectivity index (χ1v) is 7.63. The molecule has 0 saturated carbocycles. The van der Waals surface area contributed by atoms with Crippen LogP contribution in [0.1, 0.15) is 43.0 Å². The molecule has 0 heterocycles. The van der Waals surface area contributed by atoms with E-state index in [0.29, 0.717) is 6.04 Å². The molecular weight excluding hydrogens is 266 g/mol. The number of benzene rings is 2. The van der Waals surface area contributed by atoms with Crippen molar-refractivity contribution >= 4 is 11.6 Å². The Morgan fingerprint density at radius 3 is 2.15 bits per heavy atom. The molecule has 1 N–H and O–H groups in total. The Labute approximate surface area is 127 Å². The molecule has 0 amide bonds. The minimum Gasteiger partial charge on any atom is -0.306 e. The molecule has 20 heavy (non-hydrogen) atoms. The van der Waals surface area contributed by atoms with Gasteiger partial charge < -0.3 is 5.32 Å². The van der Waals surface area contributed by atoms with Crippen molar-refractivity contribution in [3.05, 3.63) is 70.2 Å². The minimum atomic E-state index is 0.348. The Morgan fingerprint density at radius 2 is 1.55 bits per heavy atom. The largest absolute Gasteiger partial charge is 0.306 e. The van der Waals surface area contributed by atoms with Crippen LogP contribution in [-0.2, 0) is 13.0 Å². The van der Waals surface area contributed by atoms with Gasteiger partial charge >= 0.3 is 0 Å². The van der Waals surface area contributed by atoms with E-state index in [2.05, 4.69) is 55.6 Å². The van der Waals surface area contributed by atoms with Gasteiger partial charge in [0.25, 0.3) is 0 Å². The number of hydrogen-bond donors (Lipinski definition) is 1. The smallest absolute Gasteiger partial charge is 0.0406 e. The van der Waals surface area contributed by atoms with E-state index >= 15 is 0 Å². The lowest BCUT2D eigenvalue weighted by Gasteiger charge is -2.15. The standard InChI is InChI=1S/C18H22ClN/c1-3-4-15-5-9-17(10-6-15)14(2)20-13-16-7-11-18(19)12-8-16/h5-12,14,20H,3-4,13H2,1-2H3. The molecule has 0 aromatic heterocycles. The van der Waals surface area contributed by atoms with E-state index in [1.54, 1.807) is 0 Å². The molecule has 0 fully saturated rings. The summed E-state index contributed by atoms with van der Waals surface area (Å²) in [5, 5.41) is 4.33. The van der Waals surface area contributed by atoms with Crippen molar-refractivity contribution in [2.24, 2.45) is 0 Å². The molecule has 2 heteroatoms. The molecule has 0 aliphatic rings. The zero-order valence-electron chi connectivity index (χ0n) is 12.2. The van der Waals surface area contributed by atoms with Gasteiger partial charge in [0.1, 0.15) is 0 Å². The van der Waals surface area contributed by atoms with E-state index in [9.17, 15) is 0 Å². The van der Waals surface area contributed by atoms with Crippen molar-refractivity contribution in [1.82, 2.24) is 5.32 Å². The van der Waals surface area contributed by atoms with Gasteiger partial charge in [0.15, 0.2) is 0 Å². The van der Waals surface area contributed by atoms with Gasteiger partial charge in [-0.05, 0) is 42.2 Å². The number of hydrogen-bond acceptors (Lipinski definition) is 1. The van der Waals surface area contributed by atoms with E-state index in [1.165, 1.54) is 23.1 Å². The summed E-state index contributed by atoms with van der Waals surface area (Å²) in [4.78, 5) is 0. The highest BCUT2D eigenvalue weighted by Crippen LogP contribution is 2.16. The maximum atomic E-state index is 5.89. The molecule has 0 spiro atoms. The van der Waals surface area contributed by atoms with E-state index in [-0.39, 0.29) is 0 Å². The molecule has 2 rings (SSSR count). The second-order valence-corrected chi connectivity index (χ2v) is 5.66. The first kappa shape index (κ1) is 15.1. The lowest BCUT2D eigenvalue weighted by atomic mass is 10.0. The summed E-state index contributed by atoms with van der Waals surface area (Å²) in [7, 11) is 0. The van der Waals surface area contributed by atoms with Gasteiger partial charge in [-0.25, -0.2) is 0 Å². The molecular formula is C18H22ClN. The van der Waals surface area contributed by atoms with E-state index in [0.717, 1.165) is 18.0 Å². The third-order valence-electron chi connectivity index (χ3n) is 3.54. The van der Waals surface area contributed by atoms with Crippen molar-refractivity contribution < 1.29 is 0 Å². The van der Waals surface area contributed by atoms with Crippen LogP contribution in [0, 0.1) is 0 Å². The zero-order valence-corrected chi connectivity index (χ0v) is 13.0. The summed E-state index contributed by atoms with van der Waals surface area (Å²) in [6, 6.07) is 17.3. The third kappa shape index (κ3) is 4.36. The lowest BCUT2D eigenvalue weighted by molar-refractivity contribution is 0.574. The lowest BCUT2D eigenvalue weighted by Crippen LogP contribution is -2.18. The molecule has 106 valence electrons. The monoisotopic (exact) mass is 287 g/mol. The van der Waals surface area contributed by atoms with Gasteiger partial charge in [0.2, 0.25) is 0 Å². The van der Waals surface area contributed by atoms with Gasteiger partial charge in [0, 0.05) is 17.6 Å². The highest BCUT2D eigenvalue weighted by atomic mass is 35.5. The fourth-order valence-corrected chi connectivity index (χ4v) is 2.38. The fourth-order valence-electron chi connectivity index (χ4n) is 2.25. The molecule has 1 nitrogen and oxygen atoms in total. The van der Waals surface area contributed by atoms with Crippen molar-refractivity contribution in [2.45, 2.75) is 39.3 Å². The van der Waals surface area contributed by atoms with Crippen molar-refractivity contribution in [1.29, 1.82) is 0 Å². The zero-order chi connectivity index (χ0) is 14.4. The van der Waals surface area contributed by atoms with Crippen LogP contribution >= 0.6 is 11.6 Å². The predicted molar refractivity (Wildman–Crippen MR) is 87.1 cm³/mol. The quantitative estimate of drug-likeness (QED) is 0.775. The van der Waals surface area contributed by atoms with E-state index < -0.39 is 0 Å². The maximum absolute atomic E-state index is 5.89. The molecule has 0 saturated heterocycles. The molecule has 0 aliphatic carbocycles. The van der Waals surface area contributed by atoms with Crippen molar-refractivity contribution in [2.75, 3.05) is 0 Å². The van der Waals surface area contributed by atoms with Crippen LogP contribution in [0.25, 0.3) is 0 Å². The minimum absolute atomic E-state index is 0.348. The van der Waals surface area contributed by atoms with Gasteiger partial charge in [0.05, 0.1) is 0 Å². The first-order valence-electron chi connectivity index (χ1n) is 7.25. The normalized spacial score (nSPS) is 12.3. The third-order valence-corrected chi connectivity index (χ3v) is 3.80. The van der Waals surface area contributed by atoms with Crippen LogP contribution in [0.3, 0.4) is 0 Å². The summed E-state index contributed by atoms with van der Waals surface area (Å²) < 4.78 is 0. The molecule has 0 radical (unpaired) electrons. The number of rotatable bonds is 6. The predicted octanol–water partition coefficient (Wildman–Crippen LogP) is 5.14. The molecule has 1 unspecified atom stereocenters. The summed E-state index contributed by atoms with van der Waals surface area (Å²) in [6.07, 6.45) is 2.36. The molecule has 0 bridgehead atoms. The Hall–Kier alpha value is -1.31.